The highest BCUT2D eigenvalue weighted by molar-refractivity contribution is 5.67. The van der Waals surface area contributed by atoms with Crippen LogP contribution in [0.2, 0.25) is 0 Å². The second kappa shape index (κ2) is 12.7. The third-order valence-corrected chi connectivity index (χ3v) is 6.86. The first-order valence-corrected chi connectivity index (χ1v) is 12.9. The number of benzene rings is 3. The molecule has 0 saturated carbocycles. The summed E-state index contributed by atoms with van der Waals surface area (Å²) in [6, 6.07) is 15.3. The maximum absolute atomic E-state index is 14.9. The van der Waals surface area contributed by atoms with Crippen molar-refractivity contribution in [1.82, 2.24) is 0 Å². The molecule has 2 nitrogen and oxygen atoms in total. The summed E-state index contributed by atoms with van der Waals surface area (Å²) >= 11 is 0. The van der Waals surface area contributed by atoms with Crippen molar-refractivity contribution in [1.29, 1.82) is 0 Å². The lowest BCUT2D eigenvalue weighted by molar-refractivity contribution is 0.323. The van der Waals surface area contributed by atoms with Gasteiger partial charge in [-0.3, -0.25) is 0 Å². The van der Waals surface area contributed by atoms with Crippen LogP contribution in [0.25, 0.3) is 16.7 Å². The van der Waals surface area contributed by atoms with E-state index < -0.39 is 11.6 Å². The molecule has 1 atom stereocenters. The molecule has 5 heteroatoms. The summed E-state index contributed by atoms with van der Waals surface area (Å²) in [6.45, 7) is 6.57. The minimum absolute atomic E-state index is 0.244. The molecule has 0 spiro atoms. The largest absolute Gasteiger partial charge is 0.494 e. The summed E-state index contributed by atoms with van der Waals surface area (Å²) in [5.74, 6) is -0.329. The van der Waals surface area contributed by atoms with Crippen LogP contribution in [0.3, 0.4) is 0 Å². The standard InChI is InChI=1S/C32H33F3O2/c1-3-5-20-37-27-17-19-28(30(33)21-27)23-9-6-22(7-10-23)8-11-25-14-18-29(32(35)31(25)34)24-12-15-26(16-13-24)36-4-2/h3,9,12-19,21-22H,1,4-8,10-11,20H2,2H3. The third kappa shape index (κ3) is 6.65. The van der Waals surface area contributed by atoms with E-state index in [0.717, 1.165) is 31.3 Å². The predicted molar refractivity (Wildman–Crippen MR) is 143 cm³/mol. The van der Waals surface area contributed by atoms with Crippen molar-refractivity contribution in [2.75, 3.05) is 13.2 Å². The number of ether oxygens (including phenoxy) is 2. The molecule has 0 aliphatic heterocycles. The van der Waals surface area contributed by atoms with E-state index >= 15 is 0 Å². The van der Waals surface area contributed by atoms with Crippen LogP contribution in [0.4, 0.5) is 13.2 Å². The van der Waals surface area contributed by atoms with Crippen LogP contribution in [0.1, 0.15) is 50.2 Å². The van der Waals surface area contributed by atoms with Gasteiger partial charge in [-0.1, -0.05) is 36.4 Å². The van der Waals surface area contributed by atoms with Crippen LogP contribution in [0.15, 0.2) is 73.3 Å². The van der Waals surface area contributed by atoms with Gasteiger partial charge in [0.2, 0.25) is 0 Å². The highest BCUT2D eigenvalue weighted by Gasteiger charge is 2.20. The Labute approximate surface area is 217 Å². The Kier molecular flexibility index (Phi) is 9.10. The molecule has 0 heterocycles. The van der Waals surface area contributed by atoms with Crippen molar-refractivity contribution in [3.63, 3.8) is 0 Å². The molecular formula is C32H33F3O2. The Morgan fingerprint density at radius 2 is 1.68 bits per heavy atom. The fourth-order valence-corrected chi connectivity index (χ4v) is 4.76. The Morgan fingerprint density at radius 3 is 2.35 bits per heavy atom. The number of rotatable bonds is 11. The minimum atomic E-state index is -0.820. The molecule has 1 aliphatic rings. The van der Waals surface area contributed by atoms with E-state index in [-0.39, 0.29) is 11.4 Å². The lowest BCUT2D eigenvalue weighted by atomic mass is 9.83. The third-order valence-electron chi connectivity index (χ3n) is 6.86. The van der Waals surface area contributed by atoms with Crippen LogP contribution in [-0.4, -0.2) is 13.2 Å². The fraction of sp³-hybridized carbons (Fsp3) is 0.312. The molecular weight excluding hydrogens is 473 g/mol. The smallest absolute Gasteiger partial charge is 0.166 e. The number of allylic oxidation sites excluding steroid dienone is 2. The number of hydrogen-bond acceptors (Lipinski definition) is 2. The van der Waals surface area contributed by atoms with E-state index in [4.69, 9.17) is 9.47 Å². The quantitative estimate of drug-likeness (QED) is 0.191. The predicted octanol–water partition coefficient (Wildman–Crippen LogP) is 8.94. The molecule has 0 N–H and O–H groups in total. The van der Waals surface area contributed by atoms with E-state index in [9.17, 15) is 13.2 Å². The van der Waals surface area contributed by atoms with Crippen LogP contribution in [0.5, 0.6) is 11.5 Å². The summed E-state index contributed by atoms with van der Waals surface area (Å²) in [5, 5.41) is 0. The normalized spacial score (nSPS) is 15.2. The van der Waals surface area contributed by atoms with Gasteiger partial charge < -0.3 is 9.47 Å². The molecule has 0 amide bonds. The molecule has 3 aromatic carbocycles. The van der Waals surface area contributed by atoms with Crippen molar-refractivity contribution in [3.05, 3.63) is 102 Å². The molecule has 1 unspecified atom stereocenters. The zero-order chi connectivity index (χ0) is 26.2. The van der Waals surface area contributed by atoms with Gasteiger partial charge in [0.15, 0.2) is 11.6 Å². The van der Waals surface area contributed by atoms with E-state index in [1.807, 2.05) is 6.92 Å². The van der Waals surface area contributed by atoms with Gasteiger partial charge in [-0.2, -0.15) is 0 Å². The summed E-state index contributed by atoms with van der Waals surface area (Å²) in [5.41, 5.74) is 2.84. The van der Waals surface area contributed by atoms with Crippen molar-refractivity contribution in [2.45, 2.75) is 45.4 Å². The lowest BCUT2D eigenvalue weighted by Gasteiger charge is -2.23. The first-order valence-electron chi connectivity index (χ1n) is 12.9. The maximum Gasteiger partial charge on any atom is 0.166 e. The van der Waals surface area contributed by atoms with Crippen molar-refractivity contribution >= 4 is 5.57 Å². The second-order valence-corrected chi connectivity index (χ2v) is 9.33. The van der Waals surface area contributed by atoms with E-state index in [2.05, 4.69) is 12.7 Å². The van der Waals surface area contributed by atoms with Crippen LogP contribution >= 0.6 is 0 Å². The summed E-state index contributed by atoms with van der Waals surface area (Å²) in [7, 11) is 0. The van der Waals surface area contributed by atoms with Gasteiger partial charge in [-0.05, 0) is 92.3 Å². The average Bonchev–Trinajstić information content (AvgIpc) is 2.91. The van der Waals surface area contributed by atoms with Crippen molar-refractivity contribution in [3.8, 4) is 22.6 Å². The molecule has 0 aromatic heterocycles. The van der Waals surface area contributed by atoms with Gasteiger partial charge >= 0.3 is 0 Å². The highest BCUT2D eigenvalue weighted by Crippen LogP contribution is 2.35. The Hall–Kier alpha value is -3.47. The molecule has 1 aliphatic carbocycles. The first-order chi connectivity index (χ1) is 18.0. The van der Waals surface area contributed by atoms with Gasteiger partial charge in [0.1, 0.15) is 17.3 Å². The van der Waals surface area contributed by atoms with Gasteiger partial charge in [0.25, 0.3) is 0 Å². The molecule has 0 bridgehead atoms. The molecule has 0 radical (unpaired) electrons. The molecule has 3 aromatic rings. The second-order valence-electron chi connectivity index (χ2n) is 9.33. The van der Waals surface area contributed by atoms with Crippen molar-refractivity contribution < 1.29 is 22.6 Å². The van der Waals surface area contributed by atoms with Gasteiger partial charge in [-0.25, -0.2) is 13.2 Å². The fourth-order valence-electron chi connectivity index (χ4n) is 4.76. The Bertz CT molecular complexity index is 1250. The van der Waals surface area contributed by atoms with Crippen LogP contribution < -0.4 is 9.47 Å². The van der Waals surface area contributed by atoms with E-state index in [1.54, 1.807) is 54.6 Å². The zero-order valence-electron chi connectivity index (χ0n) is 21.2. The van der Waals surface area contributed by atoms with Crippen LogP contribution in [-0.2, 0) is 6.42 Å². The maximum atomic E-state index is 14.9. The molecule has 194 valence electrons. The van der Waals surface area contributed by atoms with Gasteiger partial charge in [0.05, 0.1) is 13.2 Å². The number of hydrogen-bond donors (Lipinski definition) is 0. The molecule has 0 saturated heterocycles. The Morgan fingerprint density at radius 1 is 0.919 bits per heavy atom. The molecule has 0 fully saturated rings. The van der Waals surface area contributed by atoms with E-state index in [0.29, 0.717) is 60.2 Å². The highest BCUT2D eigenvalue weighted by atomic mass is 19.2. The monoisotopic (exact) mass is 506 g/mol. The topological polar surface area (TPSA) is 18.5 Å². The van der Waals surface area contributed by atoms with Gasteiger partial charge in [0, 0.05) is 17.2 Å². The number of aryl methyl sites for hydroxylation is 1. The average molecular weight is 507 g/mol. The van der Waals surface area contributed by atoms with Crippen LogP contribution in [0, 0.1) is 23.4 Å². The van der Waals surface area contributed by atoms with Gasteiger partial charge in [-0.15, -0.1) is 6.58 Å². The Balaban J connectivity index is 1.35. The van der Waals surface area contributed by atoms with E-state index in [1.165, 1.54) is 6.07 Å². The SMILES string of the molecule is C=CCCOc1ccc(C2=CCC(CCc3ccc(-c4ccc(OCC)cc4)c(F)c3F)CC2)c(F)c1. The van der Waals surface area contributed by atoms with Crippen molar-refractivity contribution in [2.24, 2.45) is 5.92 Å². The molecule has 4 rings (SSSR count). The zero-order valence-corrected chi connectivity index (χ0v) is 21.2. The first kappa shape index (κ1) is 26.6. The summed E-state index contributed by atoms with van der Waals surface area (Å²) in [4.78, 5) is 0. The molecule has 37 heavy (non-hydrogen) atoms. The summed E-state index contributed by atoms with van der Waals surface area (Å²) < 4.78 is 55.4. The minimum Gasteiger partial charge on any atom is -0.494 e. The lowest BCUT2D eigenvalue weighted by Crippen LogP contribution is -2.08. The summed E-state index contributed by atoms with van der Waals surface area (Å²) in [6.07, 6.45) is 8.20. The number of halogens is 3.